The lowest BCUT2D eigenvalue weighted by Gasteiger charge is -2.23. The van der Waals surface area contributed by atoms with Crippen LogP contribution in [0.2, 0.25) is 10.0 Å². The molecular weight excluding hydrogens is 401 g/mol. The second-order valence-corrected chi connectivity index (χ2v) is 8.22. The molecular formula is C20H25Cl2N3O3. The van der Waals surface area contributed by atoms with Crippen molar-refractivity contribution in [2.45, 2.75) is 52.2 Å². The number of nitrogens with zero attached hydrogens (tertiary/aromatic N) is 2. The predicted octanol–water partition coefficient (Wildman–Crippen LogP) is 3.83. The fourth-order valence-corrected chi connectivity index (χ4v) is 3.62. The lowest BCUT2D eigenvalue weighted by atomic mass is 9.99. The molecule has 0 aliphatic heterocycles. The van der Waals surface area contributed by atoms with Crippen molar-refractivity contribution in [2.24, 2.45) is 5.92 Å². The van der Waals surface area contributed by atoms with E-state index in [9.17, 15) is 14.7 Å². The van der Waals surface area contributed by atoms with Crippen molar-refractivity contribution in [3.05, 3.63) is 52.0 Å². The first-order valence-corrected chi connectivity index (χ1v) is 9.84. The number of hydrogen-bond acceptors (Lipinski definition) is 4. The summed E-state index contributed by atoms with van der Waals surface area (Å²) in [6, 6.07) is 3.87. The Kier molecular flexibility index (Phi) is 8.04. The second-order valence-electron chi connectivity index (χ2n) is 7.34. The number of halogens is 2. The molecule has 0 saturated heterocycles. The number of aromatic nitrogens is 2. The van der Waals surface area contributed by atoms with Crippen LogP contribution in [0.5, 0.6) is 0 Å². The second kappa shape index (κ2) is 10.0. The Balaban J connectivity index is 2.17. The smallest absolute Gasteiger partial charge is 0.321 e. The van der Waals surface area contributed by atoms with Crippen molar-refractivity contribution >= 4 is 35.0 Å². The van der Waals surface area contributed by atoms with Crippen LogP contribution in [0.15, 0.2) is 30.7 Å². The lowest BCUT2D eigenvalue weighted by molar-refractivity contribution is -0.139. The molecule has 0 fully saturated rings. The van der Waals surface area contributed by atoms with Crippen LogP contribution in [-0.2, 0) is 22.6 Å². The highest BCUT2D eigenvalue weighted by molar-refractivity contribution is 6.34. The highest BCUT2D eigenvalue weighted by Crippen LogP contribution is 2.20. The van der Waals surface area contributed by atoms with Gasteiger partial charge in [-0.25, -0.2) is 4.98 Å². The Morgan fingerprint density at radius 2 is 1.82 bits per heavy atom. The third kappa shape index (κ3) is 6.62. The molecule has 152 valence electrons. The average Bonchev–Trinajstić information content (AvgIpc) is 2.98. The van der Waals surface area contributed by atoms with E-state index >= 15 is 0 Å². The van der Waals surface area contributed by atoms with Crippen LogP contribution < -0.4 is 5.32 Å². The molecule has 0 saturated carbocycles. The summed E-state index contributed by atoms with van der Waals surface area (Å²) < 4.78 is 1.85. The monoisotopic (exact) mass is 425 g/mol. The van der Waals surface area contributed by atoms with Gasteiger partial charge in [0.2, 0.25) is 0 Å². The molecule has 2 atom stereocenters. The van der Waals surface area contributed by atoms with Crippen molar-refractivity contribution in [1.82, 2.24) is 14.9 Å². The van der Waals surface area contributed by atoms with Gasteiger partial charge in [-0.15, -0.1) is 0 Å². The topological polar surface area (TPSA) is 84.2 Å². The maximum absolute atomic E-state index is 11.9. The first-order valence-electron chi connectivity index (χ1n) is 9.09. The normalized spacial score (nSPS) is 13.5. The van der Waals surface area contributed by atoms with Crippen LogP contribution >= 0.6 is 23.2 Å². The number of ketones is 1. The molecule has 0 amide bonds. The minimum atomic E-state index is -1.01. The number of benzene rings is 1. The number of carboxylic acid groups (broad SMARTS) is 1. The first kappa shape index (κ1) is 22.4. The van der Waals surface area contributed by atoms with Crippen molar-refractivity contribution < 1.29 is 14.7 Å². The molecule has 0 unspecified atom stereocenters. The first-order chi connectivity index (χ1) is 13.2. The van der Waals surface area contributed by atoms with E-state index in [4.69, 9.17) is 23.2 Å². The summed E-state index contributed by atoms with van der Waals surface area (Å²) in [6.07, 6.45) is 4.06. The molecule has 0 bridgehead atoms. The number of carbonyl (C=O) groups is 2. The Bertz CT molecular complexity index is 816. The van der Waals surface area contributed by atoms with Gasteiger partial charge in [0.1, 0.15) is 11.8 Å². The predicted molar refractivity (Wildman–Crippen MR) is 110 cm³/mol. The highest BCUT2D eigenvalue weighted by Gasteiger charge is 2.26. The van der Waals surface area contributed by atoms with Gasteiger partial charge in [-0.3, -0.25) is 14.9 Å². The number of imidazole rings is 1. The molecule has 2 N–H and O–H groups in total. The van der Waals surface area contributed by atoms with Crippen LogP contribution in [-0.4, -0.2) is 38.5 Å². The molecule has 2 aromatic rings. The molecule has 0 radical (unpaired) electrons. The quantitative estimate of drug-likeness (QED) is 0.603. The van der Waals surface area contributed by atoms with Gasteiger partial charge in [0.05, 0.1) is 12.4 Å². The number of nitrogens with one attached hydrogen (secondary N) is 1. The van der Waals surface area contributed by atoms with E-state index in [1.165, 1.54) is 6.92 Å². The van der Waals surface area contributed by atoms with Gasteiger partial charge in [0.15, 0.2) is 0 Å². The largest absolute Gasteiger partial charge is 0.480 e. The summed E-state index contributed by atoms with van der Waals surface area (Å²) in [5.41, 5.74) is 1.63. The van der Waals surface area contributed by atoms with Crippen LogP contribution in [0.4, 0.5) is 0 Å². The third-order valence-electron chi connectivity index (χ3n) is 4.39. The lowest BCUT2D eigenvalue weighted by Crippen LogP contribution is -2.48. The third-order valence-corrected chi connectivity index (χ3v) is 4.82. The zero-order chi connectivity index (χ0) is 20.8. The maximum Gasteiger partial charge on any atom is 0.321 e. The minimum absolute atomic E-state index is 0.0676. The SMILES string of the molecule is CC(=O)[C@H](CC(C)C)N[C@@H](Cc1cncn1Cc1cc(Cl)cc(Cl)c1)C(=O)O. The molecule has 6 nitrogen and oxygen atoms in total. The fraction of sp³-hybridized carbons (Fsp3) is 0.450. The summed E-state index contributed by atoms with van der Waals surface area (Å²) in [4.78, 5) is 27.9. The molecule has 0 spiro atoms. The Hall–Kier alpha value is -1.89. The molecule has 8 heteroatoms. The Morgan fingerprint density at radius 1 is 1.18 bits per heavy atom. The Labute approximate surface area is 174 Å². The highest BCUT2D eigenvalue weighted by atomic mass is 35.5. The van der Waals surface area contributed by atoms with Gasteiger partial charge in [0, 0.05) is 34.9 Å². The number of hydrogen-bond donors (Lipinski definition) is 2. The minimum Gasteiger partial charge on any atom is -0.480 e. The summed E-state index contributed by atoms with van der Waals surface area (Å²) in [6.45, 7) is 5.94. The van der Waals surface area contributed by atoms with Gasteiger partial charge in [0.25, 0.3) is 0 Å². The summed E-state index contributed by atoms with van der Waals surface area (Å²) >= 11 is 12.1. The molecule has 0 aliphatic rings. The van der Waals surface area contributed by atoms with Crippen molar-refractivity contribution in [1.29, 1.82) is 0 Å². The number of carbonyl (C=O) groups excluding carboxylic acids is 1. The molecule has 1 aromatic heterocycles. The van der Waals surface area contributed by atoms with E-state index in [0.29, 0.717) is 23.0 Å². The maximum atomic E-state index is 11.9. The molecule has 0 aliphatic carbocycles. The van der Waals surface area contributed by atoms with Gasteiger partial charge >= 0.3 is 5.97 Å². The van der Waals surface area contributed by atoms with Gasteiger partial charge in [-0.2, -0.15) is 0 Å². The van der Waals surface area contributed by atoms with Gasteiger partial charge in [-0.1, -0.05) is 37.0 Å². The number of aliphatic carboxylic acids is 1. The molecule has 1 heterocycles. The molecule has 2 rings (SSSR count). The van der Waals surface area contributed by atoms with E-state index < -0.39 is 18.1 Å². The fourth-order valence-electron chi connectivity index (χ4n) is 3.05. The van der Waals surface area contributed by atoms with Crippen molar-refractivity contribution in [3.63, 3.8) is 0 Å². The molecule has 28 heavy (non-hydrogen) atoms. The van der Waals surface area contributed by atoms with E-state index in [-0.39, 0.29) is 18.1 Å². The number of Topliss-reactive ketones (excluding diaryl/α,β-unsaturated/α-hetero) is 1. The summed E-state index contributed by atoms with van der Waals surface area (Å²) in [7, 11) is 0. The number of rotatable bonds is 10. The zero-order valence-electron chi connectivity index (χ0n) is 16.2. The van der Waals surface area contributed by atoms with E-state index in [1.807, 2.05) is 18.4 Å². The number of carboxylic acids is 1. The van der Waals surface area contributed by atoms with E-state index in [2.05, 4.69) is 10.3 Å². The van der Waals surface area contributed by atoms with Gasteiger partial charge < -0.3 is 9.67 Å². The summed E-state index contributed by atoms with van der Waals surface area (Å²) in [5.74, 6) is -0.801. The zero-order valence-corrected chi connectivity index (χ0v) is 17.7. The van der Waals surface area contributed by atoms with E-state index in [1.54, 1.807) is 30.7 Å². The van der Waals surface area contributed by atoms with E-state index in [0.717, 1.165) is 11.3 Å². The van der Waals surface area contributed by atoms with Crippen molar-refractivity contribution in [2.75, 3.05) is 0 Å². The summed E-state index contributed by atoms with van der Waals surface area (Å²) in [5, 5.41) is 13.7. The van der Waals surface area contributed by atoms with Crippen LogP contribution in [0.1, 0.15) is 38.4 Å². The standard InChI is InChI=1S/C20H25Cl2N3O3/c1-12(2)4-18(13(3)26)24-19(20(27)28)8-17-9-23-11-25(17)10-14-5-15(21)7-16(22)6-14/h5-7,9,11-12,18-19,24H,4,8,10H2,1-3H3,(H,27,28)/t18-,19-/m0/s1. The molecule has 1 aromatic carbocycles. The van der Waals surface area contributed by atoms with Gasteiger partial charge in [-0.05, 0) is 43.0 Å². The van der Waals surface area contributed by atoms with Crippen molar-refractivity contribution in [3.8, 4) is 0 Å². The van der Waals surface area contributed by atoms with Crippen LogP contribution in [0.3, 0.4) is 0 Å². The Morgan fingerprint density at radius 3 is 2.36 bits per heavy atom. The average molecular weight is 426 g/mol. The van der Waals surface area contributed by atoms with Crippen LogP contribution in [0.25, 0.3) is 0 Å². The van der Waals surface area contributed by atoms with Crippen LogP contribution in [0, 0.1) is 5.92 Å².